The van der Waals surface area contributed by atoms with Crippen LogP contribution in [-0.4, -0.2) is 48.8 Å². The van der Waals surface area contributed by atoms with Crippen LogP contribution in [0.25, 0.3) is 21.7 Å². The highest BCUT2D eigenvalue weighted by atomic mass is 32.2. The third-order valence-corrected chi connectivity index (χ3v) is 8.76. The van der Waals surface area contributed by atoms with Gasteiger partial charge in [0, 0.05) is 36.7 Å². The first kappa shape index (κ1) is 24.9. The molecule has 1 aromatic heterocycles. The van der Waals surface area contributed by atoms with E-state index in [2.05, 4.69) is 10.2 Å². The molecule has 9 heteroatoms. The van der Waals surface area contributed by atoms with Crippen LogP contribution < -0.4 is 4.74 Å². The Labute approximate surface area is 226 Å². The van der Waals surface area contributed by atoms with Gasteiger partial charge in [0.05, 0.1) is 10.4 Å². The van der Waals surface area contributed by atoms with Crippen LogP contribution in [0.5, 0.6) is 5.75 Å². The summed E-state index contributed by atoms with van der Waals surface area (Å²) in [5.74, 6) is 0.559. The van der Waals surface area contributed by atoms with Crippen LogP contribution in [0.3, 0.4) is 0 Å². The summed E-state index contributed by atoms with van der Waals surface area (Å²) in [5, 5.41) is 8.96. The van der Waals surface area contributed by atoms with Crippen molar-refractivity contribution in [3.63, 3.8) is 0 Å². The van der Waals surface area contributed by atoms with E-state index in [1.807, 2.05) is 54.6 Å². The van der Waals surface area contributed by atoms with E-state index in [0.29, 0.717) is 48.0 Å². The molecule has 2 heterocycles. The molecular weight excluding hydrogens is 514 g/mol. The van der Waals surface area contributed by atoms with Gasteiger partial charge in [-0.25, -0.2) is 13.2 Å². The molecule has 0 atom stereocenters. The zero-order chi connectivity index (χ0) is 26.8. The number of sulfone groups is 1. The van der Waals surface area contributed by atoms with Crippen LogP contribution in [0.15, 0.2) is 101 Å². The molecule has 0 radical (unpaired) electrons. The second-order valence-corrected chi connectivity index (χ2v) is 11.4. The van der Waals surface area contributed by atoms with E-state index in [4.69, 9.17) is 9.47 Å². The average Bonchev–Trinajstić information content (AvgIpc) is 3.41. The van der Waals surface area contributed by atoms with Crippen molar-refractivity contribution in [3.8, 4) is 5.75 Å². The van der Waals surface area contributed by atoms with Crippen LogP contribution >= 0.6 is 0 Å². The Bertz CT molecular complexity index is 1740. The van der Waals surface area contributed by atoms with E-state index in [1.54, 1.807) is 41.3 Å². The number of hydrogen-bond acceptors (Lipinski definition) is 6. The van der Waals surface area contributed by atoms with Gasteiger partial charge in [0.15, 0.2) is 5.03 Å². The molecule has 5 aromatic rings. The number of nitrogens with one attached hydrogen (secondary N) is 1. The fourth-order valence-corrected chi connectivity index (χ4v) is 6.51. The Morgan fingerprint density at radius 2 is 1.64 bits per heavy atom. The van der Waals surface area contributed by atoms with Crippen molar-refractivity contribution < 1.29 is 22.7 Å². The molecule has 0 aliphatic carbocycles. The molecule has 6 rings (SSSR count). The summed E-state index contributed by atoms with van der Waals surface area (Å²) in [5.41, 5.74) is 1.55. The van der Waals surface area contributed by atoms with E-state index in [0.717, 1.165) is 10.9 Å². The number of aromatic nitrogens is 2. The molecule has 0 saturated carbocycles. The molecule has 1 amide bonds. The molecule has 0 unspecified atom stereocenters. The van der Waals surface area contributed by atoms with Crippen molar-refractivity contribution in [1.29, 1.82) is 0 Å². The Kier molecular flexibility index (Phi) is 6.66. The number of piperidine rings is 1. The van der Waals surface area contributed by atoms with Crippen molar-refractivity contribution in [2.75, 3.05) is 13.1 Å². The highest BCUT2D eigenvalue weighted by molar-refractivity contribution is 7.91. The summed E-state index contributed by atoms with van der Waals surface area (Å²) in [6, 6.07) is 27.5. The molecule has 1 aliphatic heterocycles. The summed E-state index contributed by atoms with van der Waals surface area (Å²) >= 11 is 0. The molecule has 0 spiro atoms. The molecule has 39 heavy (non-hydrogen) atoms. The summed E-state index contributed by atoms with van der Waals surface area (Å²) in [7, 11) is -3.90. The second-order valence-electron chi connectivity index (χ2n) is 9.56. The number of aromatic amines is 1. The summed E-state index contributed by atoms with van der Waals surface area (Å²) in [6.07, 6.45) is 0.849. The van der Waals surface area contributed by atoms with Gasteiger partial charge in [-0.1, -0.05) is 66.7 Å². The summed E-state index contributed by atoms with van der Waals surface area (Å²) in [4.78, 5) is 14.4. The maximum absolute atomic E-state index is 13.7. The number of carbonyl (C=O) groups excluding carboxylic acids is 1. The molecule has 1 N–H and O–H groups in total. The van der Waals surface area contributed by atoms with Crippen molar-refractivity contribution in [1.82, 2.24) is 15.1 Å². The lowest BCUT2D eigenvalue weighted by atomic mass is 10.1. The number of fused-ring (bicyclic) bond motifs is 2. The number of carbonyl (C=O) groups is 1. The molecule has 1 saturated heterocycles. The number of ether oxygens (including phenoxy) is 2. The quantitative estimate of drug-likeness (QED) is 0.295. The van der Waals surface area contributed by atoms with Crippen LogP contribution in [-0.2, 0) is 21.2 Å². The monoisotopic (exact) mass is 541 g/mol. The van der Waals surface area contributed by atoms with Crippen molar-refractivity contribution >= 4 is 37.6 Å². The zero-order valence-electron chi connectivity index (χ0n) is 21.1. The Balaban J connectivity index is 1.15. The van der Waals surface area contributed by atoms with Crippen molar-refractivity contribution in [3.05, 3.63) is 96.6 Å². The smallest absolute Gasteiger partial charge is 0.410 e. The van der Waals surface area contributed by atoms with E-state index < -0.39 is 9.84 Å². The first-order chi connectivity index (χ1) is 19.0. The topological polar surface area (TPSA) is 102 Å². The summed E-state index contributed by atoms with van der Waals surface area (Å²) < 4.78 is 39.1. The number of likely N-dealkylation sites (tertiary alicyclic amines) is 1. The Morgan fingerprint density at radius 3 is 2.46 bits per heavy atom. The van der Waals surface area contributed by atoms with Gasteiger partial charge in [-0.15, -0.1) is 0 Å². The van der Waals surface area contributed by atoms with Crippen LogP contribution in [0.1, 0.15) is 18.4 Å². The standard InChI is InChI=1S/C30H27N3O5S/c34-30(37-20-21-7-2-1-3-8-21)33-17-15-23(16-18-33)38-24-13-14-27-26(19-24)29(32-31-27)39(35,36)28-12-6-10-22-9-4-5-11-25(22)28/h1-14,19,23H,15-18,20H2,(H,31,32). The number of amides is 1. The van der Waals surface area contributed by atoms with E-state index in [1.165, 1.54) is 0 Å². The van der Waals surface area contributed by atoms with E-state index in [-0.39, 0.29) is 28.7 Å². The molecular formula is C30H27N3O5S. The minimum atomic E-state index is -3.90. The van der Waals surface area contributed by atoms with Crippen LogP contribution in [0.4, 0.5) is 4.79 Å². The normalized spacial score (nSPS) is 14.5. The van der Waals surface area contributed by atoms with Gasteiger partial charge in [0.25, 0.3) is 0 Å². The second kappa shape index (κ2) is 10.4. The van der Waals surface area contributed by atoms with Gasteiger partial charge in [0.2, 0.25) is 9.84 Å². The number of benzene rings is 4. The lowest BCUT2D eigenvalue weighted by molar-refractivity contribution is 0.0639. The number of H-pyrrole nitrogens is 1. The fraction of sp³-hybridized carbons (Fsp3) is 0.200. The van der Waals surface area contributed by atoms with Gasteiger partial charge < -0.3 is 14.4 Å². The first-order valence-electron chi connectivity index (χ1n) is 12.8. The van der Waals surface area contributed by atoms with Gasteiger partial charge >= 0.3 is 6.09 Å². The maximum atomic E-state index is 13.7. The lowest BCUT2D eigenvalue weighted by Crippen LogP contribution is -2.42. The SMILES string of the molecule is O=C(OCc1ccccc1)N1CCC(Oc2ccc3[nH]nc(S(=O)(=O)c4cccc5ccccc45)c3c2)CC1. The van der Waals surface area contributed by atoms with Gasteiger partial charge in [-0.3, -0.25) is 5.10 Å². The minimum Gasteiger partial charge on any atom is -0.490 e. The van der Waals surface area contributed by atoms with Crippen molar-refractivity contribution in [2.45, 2.75) is 35.5 Å². The number of nitrogens with zero attached hydrogens (tertiary/aromatic N) is 2. The van der Waals surface area contributed by atoms with E-state index >= 15 is 0 Å². The highest BCUT2D eigenvalue weighted by Gasteiger charge is 2.27. The molecule has 0 bridgehead atoms. The molecule has 8 nitrogen and oxygen atoms in total. The highest BCUT2D eigenvalue weighted by Crippen LogP contribution is 2.33. The number of rotatable bonds is 6. The van der Waals surface area contributed by atoms with Crippen molar-refractivity contribution in [2.24, 2.45) is 0 Å². The predicted molar refractivity (Wildman–Crippen MR) is 147 cm³/mol. The largest absolute Gasteiger partial charge is 0.490 e. The van der Waals surface area contributed by atoms with E-state index in [9.17, 15) is 13.2 Å². The lowest BCUT2D eigenvalue weighted by Gasteiger charge is -2.31. The Hall–Kier alpha value is -4.37. The molecule has 1 aliphatic rings. The first-order valence-corrected chi connectivity index (χ1v) is 14.3. The average molecular weight is 542 g/mol. The molecule has 4 aromatic carbocycles. The third kappa shape index (κ3) is 5.05. The van der Waals surface area contributed by atoms with Gasteiger partial charge in [-0.2, -0.15) is 5.10 Å². The number of hydrogen-bond donors (Lipinski definition) is 1. The molecule has 1 fully saturated rings. The third-order valence-electron chi connectivity index (χ3n) is 7.00. The summed E-state index contributed by atoms with van der Waals surface area (Å²) in [6.45, 7) is 1.28. The van der Waals surface area contributed by atoms with Crippen LogP contribution in [0.2, 0.25) is 0 Å². The minimum absolute atomic E-state index is 0.0321. The van der Waals surface area contributed by atoms with Gasteiger partial charge in [0.1, 0.15) is 18.5 Å². The molecule has 198 valence electrons. The zero-order valence-corrected chi connectivity index (χ0v) is 21.9. The maximum Gasteiger partial charge on any atom is 0.410 e. The van der Waals surface area contributed by atoms with Gasteiger partial charge in [-0.05, 0) is 35.2 Å². The fourth-order valence-electron chi connectivity index (χ4n) is 4.94. The van der Waals surface area contributed by atoms with Crippen LogP contribution in [0, 0.1) is 0 Å². The predicted octanol–water partition coefficient (Wildman–Crippen LogP) is 5.73. The Morgan fingerprint density at radius 1 is 0.897 bits per heavy atom.